The van der Waals surface area contributed by atoms with Crippen molar-refractivity contribution in [3.05, 3.63) is 29.8 Å². The first kappa shape index (κ1) is 21.0. The molecular weight excluding hydrogens is 358 g/mol. The number of piperazine rings is 1. The maximum Gasteiger partial charge on any atom is 0.306 e. The lowest BCUT2D eigenvalue weighted by atomic mass is 10.0. The number of likely N-dealkylation sites (N-methyl/N-ethyl adjacent to an activating group) is 2. The van der Waals surface area contributed by atoms with E-state index in [0.717, 1.165) is 37.4 Å². The Labute approximate surface area is 167 Å². The molecule has 2 aliphatic rings. The molecule has 3 rings (SSSR count). The number of nitrogens with one attached hydrogen (secondary N) is 1. The molecule has 0 aliphatic carbocycles. The zero-order valence-corrected chi connectivity index (χ0v) is 17.1. The van der Waals surface area contributed by atoms with Gasteiger partial charge < -0.3 is 29.7 Å². The van der Waals surface area contributed by atoms with Gasteiger partial charge >= 0.3 is 5.97 Å². The zero-order valence-electron chi connectivity index (χ0n) is 17.1. The minimum absolute atomic E-state index is 0.0872. The average Bonchev–Trinajstić information content (AvgIpc) is 3.02. The number of methoxy groups -OCH3 is 1. The van der Waals surface area contributed by atoms with Crippen LogP contribution in [0.1, 0.15) is 18.4 Å². The van der Waals surface area contributed by atoms with E-state index in [2.05, 4.69) is 29.2 Å². The Morgan fingerprint density at radius 2 is 2.00 bits per heavy atom. The van der Waals surface area contributed by atoms with Gasteiger partial charge in [-0.2, -0.15) is 0 Å². The minimum atomic E-state index is -0.671. The average molecular weight is 392 g/mol. The molecule has 0 unspecified atom stereocenters. The zero-order chi connectivity index (χ0) is 20.1. The molecule has 2 heterocycles. The third-order valence-electron chi connectivity index (χ3n) is 5.91. The predicted octanol–water partition coefficient (Wildman–Crippen LogP) is 0.508. The van der Waals surface area contributed by atoms with Gasteiger partial charge in [-0.1, -0.05) is 12.1 Å². The number of β-amino-alcohol motifs (C(OH)–C–C–N with tert-alkyl or cyclic N) is 1. The number of nitrogens with zero attached hydrogens (tertiary/aromatic N) is 2. The molecule has 2 saturated heterocycles. The minimum Gasteiger partial charge on any atom is -0.497 e. The van der Waals surface area contributed by atoms with E-state index >= 15 is 0 Å². The van der Waals surface area contributed by atoms with Gasteiger partial charge in [0.1, 0.15) is 18.0 Å². The van der Waals surface area contributed by atoms with Crippen LogP contribution < -0.4 is 10.1 Å². The number of hydrogen-bond acceptors (Lipinski definition) is 7. The molecule has 0 radical (unpaired) electrons. The molecule has 0 amide bonds. The normalized spacial score (nSPS) is 29.0. The van der Waals surface area contributed by atoms with Gasteiger partial charge in [0, 0.05) is 38.6 Å². The monoisotopic (exact) mass is 391 g/mol. The van der Waals surface area contributed by atoms with Crippen molar-refractivity contribution in [3.8, 4) is 5.75 Å². The number of hydrogen-bond donors (Lipinski definition) is 2. The highest BCUT2D eigenvalue weighted by Gasteiger charge is 2.37. The smallest absolute Gasteiger partial charge is 0.306 e. The summed E-state index contributed by atoms with van der Waals surface area (Å²) in [4.78, 5) is 17.1. The lowest BCUT2D eigenvalue weighted by Crippen LogP contribution is -2.50. The highest BCUT2D eigenvalue weighted by Crippen LogP contribution is 2.20. The van der Waals surface area contributed by atoms with E-state index in [4.69, 9.17) is 9.47 Å². The molecule has 0 saturated carbocycles. The van der Waals surface area contributed by atoms with Crippen molar-refractivity contribution in [2.75, 3.05) is 47.4 Å². The summed E-state index contributed by atoms with van der Waals surface area (Å²) in [6, 6.07) is 8.11. The highest BCUT2D eigenvalue weighted by molar-refractivity contribution is 5.69. The molecule has 4 atom stereocenters. The van der Waals surface area contributed by atoms with Gasteiger partial charge in [0.05, 0.1) is 13.2 Å². The summed E-state index contributed by atoms with van der Waals surface area (Å²) in [6.07, 6.45) is 0.660. The maximum absolute atomic E-state index is 12.4. The van der Waals surface area contributed by atoms with E-state index < -0.39 is 12.2 Å². The predicted molar refractivity (Wildman–Crippen MR) is 108 cm³/mol. The van der Waals surface area contributed by atoms with E-state index in [1.54, 1.807) is 7.11 Å². The fraction of sp³-hybridized carbons (Fsp3) is 0.667. The summed E-state index contributed by atoms with van der Waals surface area (Å²) in [5.74, 6) is 0.582. The Kier molecular flexibility index (Phi) is 7.29. The lowest BCUT2D eigenvalue weighted by Gasteiger charge is -2.37. The molecule has 7 nitrogen and oxygen atoms in total. The molecule has 0 bridgehead atoms. The number of benzene rings is 1. The molecule has 1 aromatic rings. The topological polar surface area (TPSA) is 74.3 Å². The summed E-state index contributed by atoms with van der Waals surface area (Å²) >= 11 is 0. The first-order chi connectivity index (χ1) is 13.5. The Morgan fingerprint density at radius 1 is 1.25 bits per heavy atom. The van der Waals surface area contributed by atoms with Gasteiger partial charge in [-0.25, -0.2) is 0 Å². The van der Waals surface area contributed by atoms with Crippen LogP contribution in [0, 0.1) is 0 Å². The summed E-state index contributed by atoms with van der Waals surface area (Å²) in [5, 5.41) is 13.6. The second kappa shape index (κ2) is 9.69. The van der Waals surface area contributed by atoms with Gasteiger partial charge in [0.2, 0.25) is 0 Å². The van der Waals surface area contributed by atoms with Crippen molar-refractivity contribution in [3.63, 3.8) is 0 Å². The molecule has 1 aromatic carbocycles. The first-order valence-corrected chi connectivity index (χ1v) is 10.1. The lowest BCUT2D eigenvalue weighted by molar-refractivity contribution is -0.154. The van der Waals surface area contributed by atoms with E-state index in [1.807, 2.05) is 24.3 Å². The molecule has 7 heteroatoms. The molecule has 0 spiro atoms. The van der Waals surface area contributed by atoms with Crippen LogP contribution in [-0.4, -0.2) is 92.6 Å². The number of ether oxygens (including phenoxy) is 2. The van der Waals surface area contributed by atoms with E-state index in [9.17, 15) is 9.90 Å². The van der Waals surface area contributed by atoms with Crippen molar-refractivity contribution in [1.29, 1.82) is 0 Å². The van der Waals surface area contributed by atoms with Crippen molar-refractivity contribution >= 4 is 5.97 Å². The van der Waals surface area contributed by atoms with Crippen molar-refractivity contribution < 1.29 is 19.4 Å². The Bertz CT molecular complexity index is 639. The second-order valence-electron chi connectivity index (χ2n) is 8.02. The molecule has 28 heavy (non-hydrogen) atoms. The number of aliphatic hydroxyl groups is 1. The van der Waals surface area contributed by atoms with Gasteiger partial charge in [-0.15, -0.1) is 0 Å². The quantitative estimate of drug-likeness (QED) is 0.656. The fourth-order valence-corrected chi connectivity index (χ4v) is 4.05. The number of aliphatic hydroxyl groups excluding tert-OH is 1. The molecule has 2 N–H and O–H groups in total. The largest absolute Gasteiger partial charge is 0.497 e. The van der Waals surface area contributed by atoms with Crippen molar-refractivity contribution in [2.24, 2.45) is 0 Å². The van der Waals surface area contributed by atoms with Crippen molar-refractivity contribution in [2.45, 2.75) is 43.6 Å². The number of carbonyl (C=O) groups is 1. The van der Waals surface area contributed by atoms with Gasteiger partial charge in [0.15, 0.2) is 0 Å². The van der Waals surface area contributed by atoms with Crippen LogP contribution in [0.4, 0.5) is 0 Å². The third-order valence-corrected chi connectivity index (χ3v) is 5.91. The van der Waals surface area contributed by atoms with Crippen LogP contribution in [0.3, 0.4) is 0 Å². The number of carbonyl (C=O) groups excluding carboxylic acids is 1. The number of esters is 1. The van der Waals surface area contributed by atoms with Crippen LogP contribution in [0.2, 0.25) is 0 Å². The second-order valence-corrected chi connectivity index (χ2v) is 8.02. The highest BCUT2D eigenvalue weighted by atomic mass is 16.6. The Balaban J connectivity index is 1.51. The standard InChI is InChI=1S/C21H33N3O4/c1-23-10-11-24(2)16(14-23)6-9-20(26)28-21-18(22-13-19(21)25)12-15-4-7-17(27-3)8-5-15/h4-5,7-8,16,18-19,21-22,25H,6,9-14H2,1-3H3/t16-,18+,19-,21-/m0/s1. The molecular formula is C21H33N3O4. The SMILES string of the molecule is COc1ccc(C[C@H]2NC[C@H](O)[C@H]2OC(=O)CC[C@H]2CN(C)CCN2C)cc1. The van der Waals surface area contributed by atoms with Gasteiger partial charge in [-0.3, -0.25) is 4.79 Å². The summed E-state index contributed by atoms with van der Waals surface area (Å²) < 4.78 is 10.9. The van der Waals surface area contributed by atoms with Crippen LogP contribution in [-0.2, 0) is 16.0 Å². The third kappa shape index (κ3) is 5.44. The van der Waals surface area contributed by atoms with E-state index in [0.29, 0.717) is 25.4 Å². The van der Waals surface area contributed by atoms with Crippen LogP contribution in [0.25, 0.3) is 0 Å². The van der Waals surface area contributed by atoms with Gasteiger partial charge in [0.25, 0.3) is 0 Å². The Hall–Kier alpha value is -1.67. The fourth-order valence-electron chi connectivity index (χ4n) is 4.05. The van der Waals surface area contributed by atoms with Crippen LogP contribution in [0.5, 0.6) is 5.75 Å². The Morgan fingerprint density at radius 3 is 2.71 bits per heavy atom. The summed E-state index contributed by atoms with van der Waals surface area (Å²) in [5.41, 5.74) is 1.11. The molecule has 2 aliphatic heterocycles. The van der Waals surface area contributed by atoms with Crippen LogP contribution >= 0.6 is 0 Å². The van der Waals surface area contributed by atoms with Crippen molar-refractivity contribution in [1.82, 2.24) is 15.1 Å². The summed E-state index contributed by atoms with van der Waals surface area (Å²) in [7, 11) is 5.86. The maximum atomic E-state index is 12.4. The molecule has 2 fully saturated rings. The van der Waals surface area contributed by atoms with Crippen LogP contribution in [0.15, 0.2) is 24.3 Å². The summed E-state index contributed by atoms with van der Waals surface area (Å²) in [6.45, 7) is 3.49. The molecule has 0 aromatic heterocycles. The molecule has 156 valence electrons. The van der Waals surface area contributed by atoms with E-state index in [-0.39, 0.29) is 12.0 Å². The van der Waals surface area contributed by atoms with Gasteiger partial charge in [-0.05, 0) is 44.6 Å². The van der Waals surface area contributed by atoms with E-state index in [1.165, 1.54) is 0 Å². The first-order valence-electron chi connectivity index (χ1n) is 10.1. The number of rotatable bonds is 7.